The Bertz CT molecular complexity index is 820. The van der Waals surface area contributed by atoms with Gasteiger partial charge in [0.1, 0.15) is 0 Å². The molecule has 7 heteroatoms. The Hall–Kier alpha value is -2.15. The zero-order valence-electron chi connectivity index (χ0n) is 15.6. The molecule has 0 aliphatic rings. The minimum Gasteiger partial charge on any atom is -0.393 e. The molecule has 2 rings (SSSR count). The number of amides is 1. The molecule has 1 atom stereocenters. The molecule has 25 heavy (non-hydrogen) atoms. The summed E-state index contributed by atoms with van der Waals surface area (Å²) in [5.74, 6) is 0.126. The number of carbonyl (C=O) groups is 1. The predicted octanol–water partition coefficient (Wildman–Crippen LogP) is 1.33. The van der Waals surface area contributed by atoms with Gasteiger partial charge in [-0.1, -0.05) is 13.8 Å². The molecule has 0 aliphatic carbocycles. The Kier molecular flexibility index (Phi) is 6.00. The number of fused-ring (bicyclic) bond motifs is 1. The van der Waals surface area contributed by atoms with E-state index in [0.29, 0.717) is 36.8 Å². The van der Waals surface area contributed by atoms with Gasteiger partial charge in [-0.3, -0.25) is 19.4 Å². The number of hydrogen-bond donors (Lipinski definition) is 3. The van der Waals surface area contributed by atoms with Crippen molar-refractivity contribution in [3.63, 3.8) is 0 Å². The molecule has 0 spiro atoms. The lowest BCUT2D eigenvalue weighted by Gasteiger charge is -2.14. The van der Waals surface area contributed by atoms with Crippen LogP contribution in [0.3, 0.4) is 0 Å². The summed E-state index contributed by atoms with van der Waals surface area (Å²) in [7, 11) is 1.66. The van der Waals surface area contributed by atoms with Gasteiger partial charge >= 0.3 is 0 Å². The number of aromatic amines is 1. The van der Waals surface area contributed by atoms with Gasteiger partial charge in [-0.25, -0.2) is 4.98 Å². The first kappa shape index (κ1) is 19.2. The van der Waals surface area contributed by atoms with Crippen molar-refractivity contribution in [1.29, 1.82) is 0 Å². The largest absolute Gasteiger partial charge is 0.393 e. The number of aliphatic hydroxyl groups excluding tert-OH is 1. The number of hydrogen-bond acceptors (Lipinski definition) is 4. The van der Waals surface area contributed by atoms with Crippen LogP contribution in [0.1, 0.15) is 43.5 Å². The number of aliphatic hydroxyl groups is 1. The average molecular weight is 348 g/mol. The zero-order chi connectivity index (χ0) is 18.7. The summed E-state index contributed by atoms with van der Waals surface area (Å²) in [6.07, 6.45) is 1.01. The molecule has 0 aliphatic heterocycles. The van der Waals surface area contributed by atoms with E-state index >= 15 is 0 Å². The second kappa shape index (κ2) is 7.82. The molecule has 0 aromatic carbocycles. The van der Waals surface area contributed by atoms with E-state index in [1.807, 2.05) is 27.7 Å². The molecule has 0 bridgehead atoms. The molecule has 138 valence electrons. The topological polar surface area (TPSA) is 100 Å². The fraction of sp³-hybridized carbons (Fsp3) is 0.611. The molecule has 2 aromatic heterocycles. The van der Waals surface area contributed by atoms with Crippen LogP contribution in [0.5, 0.6) is 0 Å². The van der Waals surface area contributed by atoms with Crippen LogP contribution < -0.4 is 10.9 Å². The number of aryl methyl sites for hydroxylation is 3. The van der Waals surface area contributed by atoms with E-state index in [2.05, 4.69) is 15.4 Å². The summed E-state index contributed by atoms with van der Waals surface area (Å²) in [6, 6.07) is 0. The van der Waals surface area contributed by atoms with Crippen LogP contribution in [0.25, 0.3) is 11.0 Å². The Balaban J connectivity index is 2.02. The second-order valence-corrected chi connectivity index (χ2v) is 6.95. The van der Waals surface area contributed by atoms with E-state index in [-0.39, 0.29) is 17.4 Å². The minimum atomic E-state index is -0.402. The standard InChI is InChI=1S/C18H28N4O3/c1-10(2)14(23)8-9-19-15(24)7-6-13-11(3)16-17(20-12(13)4)21-22(5)18(16)25/h10,14,23H,6-9H2,1-5H3,(H,19,24)(H,20,21). The molecule has 1 amide bonds. The maximum Gasteiger partial charge on any atom is 0.276 e. The van der Waals surface area contributed by atoms with Gasteiger partial charge in [-0.05, 0) is 43.7 Å². The number of nitrogens with zero attached hydrogens (tertiary/aromatic N) is 2. The van der Waals surface area contributed by atoms with Crippen LogP contribution in [0.2, 0.25) is 0 Å². The Labute approximate surface area is 147 Å². The highest BCUT2D eigenvalue weighted by atomic mass is 16.3. The van der Waals surface area contributed by atoms with Crippen molar-refractivity contribution in [2.45, 2.75) is 53.1 Å². The van der Waals surface area contributed by atoms with Gasteiger partial charge in [0.15, 0.2) is 5.65 Å². The van der Waals surface area contributed by atoms with Crippen LogP contribution >= 0.6 is 0 Å². The smallest absolute Gasteiger partial charge is 0.276 e. The Morgan fingerprint density at radius 2 is 2.04 bits per heavy atom. The molecule has 1 unspecified atom stereocenters. The van der Waals surface area contributed by atoms with E-state index in [9.17, 15) is 14.7 Å². The lowest BCUT2D eigenvalue weighted by atomic mass is 10.00. The van der Waals surface area contributed by atoms with E-state index in [4.69, 9.17) is 0 Å². The van der Waals surface area contributed by atoms with Crippen molar-refractivity contribution in [3.05, 3.63) is 27.2 Å². The van der Waals surface area contributed by atoms with Gasteiger partial charge < -0.3 is 10.4 Å². The van der Waals surface area contributed by atoms with Gasteiger partial charge in [0.05, 0.1) is 11.5 Å². The van der Waals surface area contributed by atoms with E-state index in [1.165, 1.54) is 4.68 Å². The van der Waals surface area contributed by atoms with Crippen molar-refractivity contribution < 1.29 is 9.90 Å². The predicted molar refractivity (Wildman–Crippen MR) is 97.6 cm³/mol. The third kappa shape index (κ3) is 4.28. The van der Waals surface area contributed by atoms with Crippen LogP contribution in [0.15, 0.2) is 4.79 Å². The lowest BCUT2D eigenvalue weighted by Crippen LogP contribution is -2.29. The van der Waals surface area contributed by atoms with Gasteiger partial charge in [0.25, 0.3) is 5.56 Å². The summed E-state index contributed by atoms with van der Waals surface area (Å²) >= 11 is 0. The normalized spacial score (nSPS) is 12.8. The van der Waals surface area contributed by atoms with Crippen LogP contribution in [-0.4, -0.2) is 38.4 Å². The Morgan fingerprint density at radius 1 is 1.36 bits per heavy atom. The van der Waals surface area contributed by atoms with Crippen LogP contribution in [0.4, 0.5) is 0 Å². The summed E-state index contributed by atoms with van der Waals surface area (Å²) < 4.78 is 1.42. The summed E-state index contributed by atoms with van der Waals surface area (Å²) in [4.78, 5) is 28.7. The number of H-pyrrole nitrogens is 1. The van der Waals surface area contributed by atoms with Gasteiger partial charge in [0, 0.05) is 25.7 Å². The first-order valence-electron chi connectivity index (χ1n) is 8.72. The van der Waals surface area contributed by atoms with E-state index in [1.54, 1.807) is 7.05 Å². The van der Waals surface area contributed by atoms with Gasteiger partial charge in [-0.15, -0.1) is 0 Å². The molecule has 0 radical (unpaired) electrons. The maximum absolute atomic E-state index is 12.2. The van der Waals surface area contributed by atoms with Crippen molar-refractivity contribution in [1.82, 2.24) is 20.1 Å². The number of pyridine rings is 1. The zero-order valence-corrected chi connectivity index (χ0v) is 15.6. The first-order valence-corrected chi connectivity index (χ1v) is 8.72. The molecule has 0 saturated heterocycles. The number of carbonyl (C=O) groups excluding carboxylic acids is 1. The highest BCUT2D eigenvalue weighted by molar-refractivity contribution is 5.80. The van der Waals surface area contributed by atoms with Crippen molar-refractivity contribution in [2.75, 3.05) is 6.54 Å². The monoisotopic (exact) mass is 348 g/mol. The van der Waals surface area contributed by atoms with Crippen LogP contribution in [-0.2, 0) is 18.3 Å². The molecule has 2 heterocycles. The summed E-state index contributed by atoms with van der Waals surface area (Å²) in [5.41, 5.74) is 3.13. The van der Waals surface area contributed by atoms with E-state index < -0.39 is 6.10 Å². The summed E-state index contributed by atoms with van der Waals surface area (Å²) in [6.45, 7) is 8.16. The molecule has 7 nitrogen and oxygen atoms in total. The van der Waals surface area contributed by atoms with Gasteiger partial charge in [0.2, 0.25) is 5.91 Å². The second-order valence-electron chi connectivity index (χ2n) is 6.95. The molecule has 0 saturated carbocycles. The number of nitrogens with one attached hydrogen (secondary N) is 2. The Morgan fingerprint density at radius 3 is 2.68 bits per heavy atom. The van der Waals surface area contributed by atoms with E-state index in [0.717, 1.165) is 16.8 Å². The highest BCUT2D eigenvalue weighted by Gasteiger charge is 2.16. The number of rotatable bonds is 7. The maximum atomic E-state index is 12.2. The highest BCUT2D eigenvalue weighted by Crippen LogP contribution is 2.20. The fourth-order valence-corrected chi connectivity index (χ4v) is 3.00. The van der Waals surface area contributed by atoms with Crippen molar-refractivity contribution >= 4 is 16.9 Å². The SMILES string of the molecule is Cc1nc2[nH]n(C)c(=O)c2c(C)c1CCC(=O)NCCC(O)C(C)C. The summed E-state index contributed by atoms with van der Waals surface area (Å²) in [5, 5.41) is 16.1. The van der Waals surface area contributed by atoms with Crippen molar-refractivity contribution in [3.8, 4) is 0 Å². The minimum absolute atomic E-state index is 0.0585. The lowest BCUT2D eigenvalue weighted by molar-refractivity contribution is -0.121. The molecule has 3 N–H and O–H groups in total. The van der Waals surface area contributed by atoms with Gasteiger partial charge in [-0.2, -0.15) is 0 Å². The first-order chi connectivity index (χ1) is 11.7. The van der Waals surface area contributed by atoms with Crippen LogP contribution in [0, 0.1) is 19.8 Å². The molecular formula is C18H28N4O3. The fourth-order valence-electron chi connectivity index (χ4n) is 3.00. The molecule has 2 aromatic rings. The molecular weight excluding hydrogens is 320 g/mol. The third-order valence-corrected chi connectivity index (χ3v) is 4.71. The third-order valence-electron chi connectivity index (χ3n) is 4.71. The number of aromatic nitrogens is 3. The molecule has 0 fully saturated rings. The quantitative estimate of drug-likeness (QED) is 0.703. The average Bonchev–Trinajstić information content (AvgIpc) is 2.81. The van der Waals surface area contributed by atoms with Crippen molar-refractivity contribution in [2.24, 2.45) is 13.0 Å².